The van der Waals surface area contributed by atoms with E-state index in [1.54, 1.807) is 0 Å². The van der Waals surface area contributed by atoms with Crippen LogP contribution in [0.25, 0.3) is 0 Å². The second kappa shape index (κ2) is 8.52. The van der Waals surface area contributed by atoms with Crippen LogP contribution in [0.15, 0.2) is 24.3 Å². The molecule has 0 saturated heterocycles. The average Bonchev–Trinajstić information content (AvgIpc) is 2.37. The third-order valence-electron chi connectivity index (χ3n) is 2.84. The second-order valence-corrected chi connectivity index (χ2v) is 6.58. The molecule has 1 aromatic rings. The number of unbranched alkanes of at least 4 members (excludes halogenated alkanes) is 1. The highest BCUT2D eigenvalue weighted by Gasteiger charge is 2.23. The number of hydrogen-bond donors (Lipinski definition) is 0. The van der Waals surface area contributed by atoms with Crippen molar-refractivity contribution < 1.29 is 13.6 Å². The van der Waals surface area contributed by atoms with Gasteiger partial charge in [0.25, 0.3) is 0 Å². The Morgan fingerprint density at radius 3 is 2.26 bits per heavy atom. The molecule has 0 saturated carbocycles. The van der Waals surface area contributed by atoms with Gasteiger partial charge in [-0.15, -0.1) is 0 Å². The topological polar surface area (TPSA) is 35.5 Å². The van der Waals surface area contributed by atoms with E-state index in [9.17, 15) is 4.57 Å². The van der Waals surface area contributed by atoms with Crippen molar-refractivity contribution in [2.45, 2.75) is 46.2 Å². The van der Waals surface area contributed by atoms with Gasteiger partial charge < -0.3 is 9.05 Å². The van der Waals surface area contributed by atoms with Crippen LogP contribution in [-0.2, 0) is 26.2 Å². The van der Waals surface area contributed by atoms with Gasteiger partial charge in [-0.25, -0.2) is 0 Å². The van der Waals surface area contributed by atoms with Crippen molar-refractivity contribution in [2.24, 2.45) is 0 Å². The lowest BCUT2D eigenvalue weighted by Crippen LogP contribution is -1.99. The number of hydrogen-bond acceptors (Lipinski definition) is 3. The van der Waals surface area contributed by atoms with Crippen LogP contribution in [-0.4, -0.2) is 13.2 Å². The molecule has 0 unspecified atom stereocenters. The number of aryl methyl sites for hydroxylation is 1. The molecule has 0 radical (unpaired) electrons. The van der Waals surface area contributed by atoms with Crippen molar-refractivity contribution in [3.8, 4) is 0 Å². The molecule has 0 aliphatic carbocycles. The van der Waals surface area contributed by atoms with E-state index in [1.807, 2.05) is 26.0 Å². The van der Waals surface area contributed by atoms with Crippen LogP contribution in [0.5, 0.6) is 0 Å². The summed E-state index contributed by atoms with van der Waals surface area (Å²) in [6, 6.07) is 8.23. The summed E-state index contributed by atoms with van der Waals surface area (Å²) in [5.74, 6) is 0. The Morgan fingerprint density at radius 2 is 1.68 bits per heavy atom. The highest BCUT2D eigenvalue weighted by Crippen LogP contribution is 2.51. The molecule has 0 bridgehead atoms. The number of rotatable bonds is 9. The molecule has 0 aliphatic heterocycles. The van der Waals surface area contributed by atoms with E-state index in [4.69, 9.17) is 9.05 Å². The van der Waals surface area contributed by atoms with Crippen molar-refractivity contribution in [1.29, 1.82) is 0 Å². The average molecular weight is 284 g/mol. The van der Waals surface area contributed by atoms with Crippen molar-refractivity contribution in [1.82, 2.24) is 0 Å². The minimum absolute atomic E-state index is 0.356. The maximum absolute atomic E-state index is 12.5. The summed E-state index contributed by atoms with van der Waals surface area (Å²) >= 11 is 0. The molecule has 0 atom stereocenters. The van der Waals surface area contributed by atoms with Gasteiger partial charge in [0.05, 0.1) is 19.4 Å². The monoisotopic (exact) mass is 284 g/mol. The fourth-order valence-electron chi connectivity index (χ4n) is 2.01. The van der Waals surface area contributed by atoms with Gasteiger partial charge in [0.15, 0.2) is 0 Å². The summed E-state index contributed by atoms with van der Waals surface area (Å²) in [4.78, 5) is 0. The smallest absolute Gasteiger partial charge is 0.309 e. The van der Waals surface area contributed by atoms with Gasteiger partial charge in [-0.05, 0) is 37.8 Å². The van der Waals surface area contributed by atoms with Gasteiger partial charge in [-0.1, -0.05) is 37.6 Å². The molecule has 0 N–H and O–H groups in total. The highest BCUT2D eigenvalue weighted by molar-refractivity contribution is 7.53. The minimum atomic E-state index is -2.99. The molecule has 0 fully saturated rings. The third kappa shape index (κ3) is 5.90. The van der Waals surface area contributed by atoms with Gasteiger partial charge in [0.2, 0.25) is 0 Å². The fraction of sp³-hybridized carbons (Fsp3) is 0.600. The standard InChI is InChI=1S/C15H25O3P/c1-4-7-9-14-10-8-11-15(12-14)13-19(16,17-5-2)18-6-3/h8,10-12H,4-7,9,13H2,1-3H3. The maximum Gasteiger partial charge on any atom is 0.335 e. The molecule has 4 heteroatoms. The highest BCUT2D eigenvalue weighted by atomic mass is 31.2. The van der Waals surface area contributed by atoms with Crippen molar-refractivity contribution in [2.75, 3.05) is 13.2 Å². The largest absolute Gasteiger partial charge is 0.335 e. The molecule has 108 valence electrons. The number of benzene rings is 1. The zero-order valence-electron chi connectivity index (χ0n) is 12.2. The Morgan fingerprint density at radius 1 is 1.05 bits per heavy atom. The lowest BCUT2D eigenvalue weighted by Gasteiger charge is -2.17. The van der Waals surface area contributed by atoms with Crippen molar-refractivity contribution >= 4 is 7.60 Å². The normalized spacial score (nSPS) is 11.7. The van der Waals surface area contributed by atoms with Crippen molar-refractivity contribution in [3.63, 3.8) is 0 Å². The maximum atomic E-state index is 12.5. The molecule has 0 heterocycles. The Hall–Kier alpha value is -0.630. The van der Waals surface area contributed by atoms with E-state index in [1.165, 1.54) is 18.4 Å². The Bertz CT molecular complexity index is 408. The van der Waals surface area contributed by atoms with E-state index in [2.05, 4.69) is 19.1 Å². The first kappa shape index (κ1) is 16.4. The second-order valence-electron chi connectivity index (χ2n) is 4.53. The summed E-state index contributed by atoms with van der Waals surface area (Å²) in [7, 11) is -2.99. The first-order valence-corrected chi connectivity index (χ1v) is 8.82. The van der Waals surface area contributed by atoms with Crippen LogP contribution in [0.3, 0.4) is 0 Å². The van der Waals surface area contributed by atoms with Gasteiger partial charge in [-0.2, -0.15) is 0 Å². The molecule has 1 aromatic carbocycles. The SMILES string of the molecule is CCCCc1cccc(CP(=O)(OCC)OCC)c1. The predicted octanol–water partition coefficient (Wildman–Crippen LogP) is 4.80. The van der Waals surface area contributed by atoms with Gasteiger partial charge in [0.1, 0.15) is 0 Å². The molecule has 0 amide bonds. The molecule has 0 aromatic heterocycles. The Kier molecular flexibility index (Phi) is 7.37. The van der Waals surface area contributed by atoms with Crippen LogP contribution in [0.1, 0.15) is 44.7 Å². The third-order valence-corrected chi connectivity index (χ3v) is 4.89. The lowest BCUT2D eigenvalue weighted by atomic mass is 10.1. The first-order valence-electron chi connectivity index (χ1n) is 7.09. The molecule has 0 aliphatic rings. The van der Waals surface area contributed by atoms with E-state index in [0.717, 1.165) is 12.0 Å². The first-order chi connectivity index (χ1) is 9.13. The Balaban J connectivity index is 2.76. The summed E-state index contributed by atoms with van der Waals surface area (Å²) in [5.41, 5.74) is 2.32. The van der Waals surface area contributed by atoms with E-state index in [0.29, 0.717) is 19.4 Å². The van der Waals surface area contributed by atoms with Crippen LogP contribution < -0.4 is 0 Å². The van der Waals surface area contributed by atoms with E-state index in [-0.39, 0.29) is 0 Å². The molecular weight excluding hydrogens is 259 g/mol. The zero-order chi connectivity index (χ0) is 14.1. The molecule has 3 nitrogen and oxygen atoms in total. The molecule has 1 rings (SSSR count). The summed E-state index contributed by atoms with van der Waals surface area (Å²) in [5, 5.41) is 0. The van der Waals surface area contributed by atoms with Gasteiger partial charge >= 0.3 is 7.60 Å². The van der Waals surface area contributed by atoms with Crippen LogP contribution in [0, 0.1) is 0 Å². The van der Waals surface area contributed by atoms with Crippen LogP contribution in [0.4, 0.5) is 0 Å². The summed E-state index contributed by atoms with van der Waals surface area (Å²) in [6.07, 6.45) is 3.78. The minimum Gasteiger partial charge on any atom is -0.309 e. The lowest BCUT2D eigenvalue weighted by molar-refractivity contribution is 0.219. The fourth-order valence-corrected chi connectivity index (χ4v) is 3.70. The predicted molar refractivity (Wildman–Crippen MR) is 79.6 cm³/mol. The van der Waals surface area contributed by atoms with Crippen LogP contribution in [0.2, 0.25) is 0 Å². The zero-order valence-corrected chi connectivity index (χ0v) is 13.1. The molecule has 0 spiro atoms. The van der Waals surface area contributed by atoms with Gasteiger partial charge in [-0.3, -0.25) is 4.57 Å². The molecular formula is C15H25O3P. The summed E-state index contributed by atoms with van der Waals surface area (Å²) in [6.45, 7) is 6.68. The quantitative estimate of drug-likeness (QED) is 0.611. The summed E-state index contributed by atoms with van der Waals surface area (Å²) < 4.78 is 23.1. The van der Waals surface area contributed by atoms with Crippen molar-refractivity contribution in [3.05, 3.63) is 35.4 Å². The van der Waals surface area contributed by atoms with Crippen LogP contribution >= 0.6 is 7.60 Å². The van der Waals surface area contributed by atoms with Gasteiger partial charge in [0, 0.05) is 0 Å². The Labute approximate surface area is 116 Å². The molecule has 19 heavy (non-hydrogen) atoms. The van der Waals surface area contributed by atoms with E-state index >= 15 is 0 Å². The van der Waals surface area contributed by atoms with E-state index < -0.39 is 7.60 Å².